The lowest BCUT2D eigenvalue weighted by Crippen LogP contribution is -1.95. The summed E-state index contributed by atoms with van der Waals surface area (Å²) in [6, 6.07) is 4.54. The Morgan fingerprint density at radius 2 is 2.23 bits per heavy atom. The van der Waals surface area contributed by atoms with Gasteiger partial charge in [-0.2, -0.15) is 0 Å². The van der Waals surface area contributed by atoms with Crippen molar-refractivity contribution in [3.05, 3.63) is 41.7 Å². The average Bonchev–Trinajstić information content (AvgIpc) is 2.11. The maximum absolute atomic E-state index is 12.8. The highest BCUT2D eigenvalue weighted by atomic mass is 19.1. The fraction of sp³-hybridized carbons (Fsp3) is 0.273. The summed E-state index contributed by atoms with van der Waals surface area (Å²) in [4.78, 5) is 0. The molecule has 0 unspecified atom stereocenters. The fourth-order valence-corrected chi connectivity index (χ4v) is 0.964. The van der Waals surface area contributed by atoms with Gasteiger partial charge in [0.2, 0.25) is 0 Å². The fourth-order valence-electron chi connectivity index (χ4n) is 0.964. The first-order chi connectivity index (χ1) is 6.24. The third kappa shape index (κ3) is 2.90. The minimum atomic E-state index is -0.263. The lowest BCUT2D eigenvalue weighted by molar-refractivity contribution is 0.358. The van der Waals surface area contributed by atoms with Gasteiger partial charge in [0.15, 0.2) is 0 Å². The van der Waals surface area contributed by atoms with Crippen LogP contribution >= 0.6 is 0 Å². The molecule has 0 aromatic heterocycles. The van der Waals surface area contributed by atoms with E-state index in [4.69, 9.17) is 4.74 Å². The van der Waals surface area contributed by atoms with Crippen molar-refractivity contribution in [1.29, 1.82) is 0 Å². The molecule has 0 saturated carbocycles. The largest absolute Gasteiger partial charge is 0.489 e. The summed E-state index contributed by atoms with van der Waals surface area (Å²) in [6.45, 7) is 4.30. The second-order valence-electron chi connectivity index (χ2n) is 2.79. The first kappa shape index (κ1) is 9.78. The minimum absolute atomic E-state index is 0.263. The molecule has 2 heteroatoms. The summed E-state index contributed by atoms with van der Waals surface area (Å²) in [5, 5.41) is 0. The molecule has 0 saturated heterocycles. The van der Waals surface area contributed by atoms with Gasteiger partial charge in [-0.25, -0.2) is 4.39 Å². The Morgan fingerprint density at radius 1 is 1.46 bits per heavy atom. The first-order valence-electron chi connectivity index (χ1n) is 4.24. The summed E-state index contributed by atoms with van der Waals surface area (Å²) >= 11 is 0. The van der Waals surface area contributed by atoms with Gasteiger partial charge in [-0.15, -0.1) is 0 Å². The predicted molar refractivity (Wildman–Crippen MR) is 51.4 cm³/mol. The zero-order valence-corrected chi connectivity index (χ0v) is 7.88. The molecule has 0 radical (unpaired) electrons. The summed E-state index contributed by atoms with van der Waals surface area (Å²) in [5.74, 6) is 0.346. The monoisotopic (exact) mass is 180 g/mol. The molecule has 0 aliphatic rings. The van der Waals surface area contributed by atoms with Crippen molar-refractivity contribution < 1.29 is 9.13 Å². The van der Waals surface area contributed by atoms with E-state index in [-0.39, 0.29) is 5.82 Å². The van der Waals surface area contributed by atoms with Gasteiger partial charge < -0.3 is 4.74 Å². The van der Waals surface area contributed by atoms with E-state index in [9.17, 15) is 4.39 Å². The molecule has 1 nitrogen and oxygen atoms in total. The normalized spacial score (nSPS) is 10.7. The Labute approximate surface area is 77.8 Å². The lowest BCUT2D eigenvalue weighted by Gasteiger charge is -2.06. The van der Waals surface area contributed by atoms with Crippen LogP contribution in [0.4, 0.5) is 4.39 Å². The third-order valence-electron chi connectivity index (χ3n) is 1.72. The molecule has 13 heavy (non-hydrogen) atoms. The Bertz CT molecular complexity index is 305. The number of hydrogen-bond donors (Lipinski definition) is 0. The summed E-state index contributed by atoms with van der Waals surface area (Å²) in [7, 11) is 0. The van der Waals surface area contributed by atoms with Gasteiger partial charge in [0, 0.05) is 6.07 Å². The number of rotatable bonds is 3. The molecule has 0 N–H and O–H groups in total. The van der Waals surface area contributed by atoms with Crippen LogP contribution in [0.3, 0.4) is 0 Å². The van der Waals surface area contributed by atoms with Crippen molar-refractivity contribution in [2.24, 2.45) is 0 Å². The van der Waals surface area contributed by atoms with E-state index >= 15 is 0 Å². The van der Waals surface area contributed by atoms with Crippen molar-refractivity contribution in [2.45, 2.75) is 13.8 Å². The number of hydrogen-bond acceptors (Lipinski definition) is 1. The number of halogens is 1. The highest BCUT2D eigenvalue weighted by Gasteiger charge is 1.99. The van der Waals surface area contributed by atoms with Crippen LogP contribution in [0.25, 0.3) is 0 Å². The molecular formula is C11H13FO. The minimum Gasteiger partial charge on any atom is -0.489 e. The van der Waals surface area contributed by atoms with Gasteiger partial charge in [-0.3, -0.25) is 0 Å². The molecule has 0 bridgehead atoms. The Balaban J connectivity index is 2.69. The molecule has 0 spiro atoms. The number of allylic oxidation sites excluding steroid dienone is 1. The topological polar surface area (TPSA) is 9.23 Å². The van der Waals surface area contributed by atoms with E-state index in [1.165, 1.54) is 12.1 Å². The summed E-state index contributed by atoms with van der Waals surface area (Å²) in [5.41, 5.74) is 0.950. The van der Waals surface area contributed by atoms with Crippen LogP contribution in [-0.4, -0.2) is 6.61 Å². The Morgan fingerprint density at radius 3 is 2.92 bits per heavy atom. The lowest BCUT2D eigenvalue weighted by atomic mass is 10.2. The van der Waals surface area contributed by atoms with Crippen molar-refractivity contribution in [2.75, 3.05) is 6.61 Å². The van der Waals surface area contributed by atoms with Gasteiger partial charge in [0.1, 0.15) is 18.2 Å². The van der Waals surface area contributed by atoms with E-state index in [1.807, 2.05) is 26.0 Å². The van der Waals surface area contributed by atoms with Crippen molar-refractivity contribution in [3.63, 3.8) is 0 Å². The number of benzene rings is 1. The quantitative estimate of drug-likeness (QED) is 0.649. The molecular weight excluding hydrogens is 167 g/mol. The average molecular weight is 180 g/mol. The van der Waals surface area contributed by atoms with Crippen LogP contribution in [0, 0.1) is 12.7 Å². The van der Waals surface area contributed by atoms with E-state index in [2.05, 4.69) is 0 Å². The maximum atomic E-state index is 12.8. The second kappa shape index (κ2) is 4.65. The molecule has 70 valence electrons. The third-order valence-corrected chi connectivity index (χ3v) is 1.72. The second-order valence-corrected chi connectivity index (χ2v) is 2.79. The molecule has 0 fully saturated rings. The van der Waals surface area contributed by atoms with E-state index in [0.717, 1.165) is 5.56 Å². The Hall–Kier alpha value is -1.31. The summed E-state index contributed by atoms with van der Waals surface area (Å²) < 4.78 is 18.1. The van der Waals surface area contributed by atoms with E-state index < -0.39 is 0 Å². The highest BCUT2D eigenvalue weighted by Crippen LogP contribution is 2.18. The SMILES string of the molecule is C/C=C/COc1cc(F)ccc1C. The van der Waals surface area contributed by atoms with E-state index in [0.29, 0.717) is 12.4 Å². The van der Waals surface area contributed by atoms with Crippen LogP contribution in [0.15, 0.2) is 30.4 Å². The zero-order chi connectivity index (χ0) is 9.68. The van der Waals surface area contributed by atoms with Crippen LogP contribution in [-0.2, 0) is 0 Å². The van der Waals surface area contributed by atoms with Gasteiger partial charge in [0.25, 0.3) is 0 Å². The van der Waals surface area contributed by atoms with Gasteiger partial charge in [-0.1, -0.05) is 18.2 Å². The molecule has 0 heterocycles. The van der Waals surface area contributed by atoms with Crippen LogP contribution < -0.4 is 4.74 Å². The molecule has 1 rings (SSSR count). The van der Waals surface area contributed by atoms with Crippen molar-refractivity contribution in [1.82, 2.24) is 0 Å². The summed E-state index contributed by atoms with van der Waals surface area (Å²) in [6.07, 6.45) is 3.78. The number of aryl methyl sites for hydroxylation is 1. The van der Waals surface area contributed by atoms with Crippen LogP contribution in [0.5, 0.6) is 5.75 Å². The van der Waals surface area contributed by atoms with Crippen LogP contribution in [0.2, 0.25) is 0 Å². The molecule has 1 aromatic carbocycles. The smallest absolute Gasteiger partial charge is 0.126 e. The highest BCUT2D eigenvalue weighted by molar-refractivity contribution is 5.32. The van der Waals surface area contributed by atoms with Crippen molar-refractivity contribution >= 4 is 0 Å². The molecule has 0 aliphatic carbocycles. The zero-order valence-electron chi connectivity index (χ0n) is 7.88. The maximum Gasteiger partial charge on any atom is 0.126 e. The predicted octanol–water partition coefficient (Wildman–Crippen LogP) is 3.09. The molecule has 0 aliphatic heterocycles. The van der Waals surface area contributed by atoms with Crippen LogP contribution in [0.1, 0.15) is 12.5 Å². The molecule has 0 amide bonds. The van der Waals surface area contributed by atoms with E-state index in [1.54, 1.807) is 6.07 Å². The number of ether oxygens (including phenoxy) is 1. The Kier molecular flexibility index (Phi) is 3.50. The van der Waals surface area contributed by atoms with Gasteiger partial charge in [0.05, 0.1) is 0 Å². The van der Waals surface area contributed by atoms with Gasteiger partial charge in [-0.05, 0) is 25.5 Å². The van der Waals surface area contributed by atoms with Gasteiger partial charge >= 0.3 is 0 Å². The standard InChI is InChI=1S/C11H13FO/c1-3-4-7-13-11-8-10(12)6-5-9(11)2/h3-6,8H,7H2,1-2H3/b4-3+. The first-order valence-corrected chi connectivity index (χ1v) is 4.24. The molecule has 0 atom stereocenters. The van der Waals surface area contributed by atoms with Crippen molar-refractivity contribution in [3.8, 4) is 5.75 Å². The molecule has 1 aromatic rings.